The summed E-state index contributed by atoms with van der Waals surface area (Å²) < 4.78 is 17.1. The molecule has 0 amide bonds. The number of rotatable bonds is 7. The first-order valence-corrected chi connectivity index (χ1v) is 12.5. The Kier molecular flexibility index (Phi) is 5.95. The van der Waals surface area contributed by atoms with E-state index in [0.717, 1.165) is 59.6 Å². The van der Waals surface area contributed by atoms with E-state index in [1.165, 1.54) is 0 Å². The largest absolute Gasteiger partial charge is 0.353 e. The molecule has 188 valence electrons. The number of nitriles is 2. The molecule has 0 radical (unpaired) electrons. The standard InChI is InChI=1S/C26H27N9O2/c1-33-15-20(22(32-33)17-37-24-4-2-3-9-36-24)21-16-34-23(5-8-29-34)25(31-21)19-13-30-35(14-19)26(6-7-27)10-18(11-26)12-28/h5,8,13-16,18,24H,2-4,6,9-11,17H2,1H3/t18-,24?,26-. The smallest absolute Gasteiger partial charge is 0.158 e. The Balaban J connectivity index is 1.35. The van der Waals surface area contributed by atoms with E-state index in [2.05, 4.69) is 27.4 Å². The molecular formula is C26H27N9O2. The van der Waals surface area contributed by atoms with Gasteiger partial charge in [-0.1, -0.05) is 0 Å². The summed E-state index contributed by atoms with van der Waals surface area (Å²) in [6.07, 6.45) is 13.7. The fourth-order valence-corrected chi connectivity index (χ4v) is 5.35. The highest BCUT2D eigenvalue weighted by Crippen LogP contribution is 2.46. The molecule has 1 unspecified atom stereocenters. The highest BCUT2D eigenvalue weighted by molar-refractivity contribution is 5.78. The number of hydrogen-bond acceptors (Lipinski definition) is 8. The van der Waals surface area contributed by atoms with Crippen molar-refractivity contribution >= 4 is 5.52 Å². The van der Waals surface area contributed by atoms with Crippen LogP contribution in [0.5, 0.6) is 0 Å². The molecule has 1 aliphatic heterocycles. The van der Waals surface area contributed by atoms with Gasteiger partial charge in [-0.25, -0.2) is 9.50 Å². The van der Waals surface area contributed by atoms with Crippen molar-refractivity contribution in [1.29, 1.82) is 10.5 Å². The first-order valence-electron chi connectivity index (χ1n) is 12.5. The fourth-order valence-electron chi connectivity index (χ4n) is 5.35. The van der Waals surface area contributed by atoms with Crippen molar-refractivity contribution in [3.8, 4) is 34.7 Å². The summed E-state index contributed by atoms with van der Waals surface area (Å²) in [6, 6.07) is 6.49. The average molecular weight is 498 g/mol. The van der Waals surface area contributed by atoms with Crippen molar-refractivity contribution in [3.63, 3.8) is 0 Å². The van der Waals surface area contributed by atoms with Crippen LogP contribution in [0.2, 0.25) is 0 Å². The lowest BCUT2D eigenvalue weighted by Crippen LogP contribution is -2.46. The maximum Gasteiger partial charge on any atom is 0.158 e. The van der Waals surface area contributed by atoms with Gasteiger partial charge < -0.3 is 9.47 Å². The molecule has 11 heteroatoms. The highest BCUT2D eigenvalue weighted by atomic mass is 16.7. The topological polar surface area (TPSA) is 132 Å². The molecular weight excluding hydrogens is 470 g/mol. The van der Waals surface area contributed by atoms with Gasteiger partial charge in [0.2, 0.25) is 0 Å². The van der Waals surface area contributed by atoms with Gasteiger partial charge in [-0.05, 0) is 38.2 Å². The summed E-state index contributed by atoms with van der Waals surface area (Å²) in [5, 5.41) is 32.4. The van der Waals surface area contributed by atoms with Crippen LogP contribution in [0, 0.1) is 28.6 Å². The van der Waals surface area contributed by atoms with E-state index in [1.54, 1.807) is 21.6 Å². The molecule has 0 aromatic carbocycles. The summed E-state index contributed by atoms with van der Waals surface area (Å²) >= 11 is 0. The van der Waals surface area contributed by atoms with Crippen molar-refractivity contribution < 1.29 is 9.47 Å². The lowest BCUT2D eigenvalue weighted by atomic mass is 9.67. The zero-order valence-electron chi connectivity index (χ0n) is 20.6. The molecule has 11 nitrogen and oxygen atoms in total. The maximum absolute atomic E-state index is 9.42. The van der Waals surface area contributed by atoms with Crippen LogP contribution in [0.1, 0.15) is 44.2 Å². The molecule has 4 aromatic rings. The minimum absolute atomic E-state index is 0.0470. The van der Waals surface area contributed by atoms with Gasteiger partial charge in [0.05, 0.1) is 77.8 Å². The summed E-state index contributed by atoms with van der Waals surface area (Å²) in [7, 11) is 1.88. The van der Waals surface area contributed by atoms with Crippen LogP contribution in [-0.2, 0) is 28.7 Å². The van der Waals surface area contributed by atoms with Gasteiger partial charge in [0.1, 0.15) is 0 Å². The van der Waals surface area contributed by atoms with E-state index in [4.69, 9.17) is 14.5 Å². The number of aryl methyl sites for hydroxylation is 1. The average Bonchev–Trinajstić information content (AvgIpc) is 3.64. The Morgan fingerprint density at radius 1 is 1.19 bits per heavy atom. The van der Waals surface area contributed by atoms with Gasteiger partial charge in [0.25, 0.3) is 0 Å². The molecule has 2 fully saturated rings. The maximum atomic E-state index is 9.42. The zero-order valence-corrected chi connectivity index (χ0v) is 20.6. The minimum Gasteiger partial charge on any atom is -0.353 e. The molecule has 0 bridgehead atoms. The summed E-state index contributed by atoms with van der Waals surface area (Å²) in [5.41, 5.74) is 4.31. The molecule has 5 heterocycles. The third-order valence-electron chi connectivity index (χ3n) is 7.30. The van der Waals surface area contributed by atoms with Crippen LogP contribution in [0.4, 0.5) is 0 Å². The molecule has 37 heavy (non-hydrogen) atoms. The van der Waals surface area contributed by atoms with E-state index in [1.807, 2.05) is 36.4 Å². The SMILES string of the molecule is Cn1cc(-c2cn3nccc3c(-c3cnn([C@]4(CC#N)C[C@@H](C#N)C4)c3)n2)c(COC2CCCCO2)n1. The first kappa shape index (κ1) is 23.3. The second-order valence-corrected chi connectivity index (χ2v) is 9.87. The molecule has 0 spiro atoms. The van der Waals surface area contributed by atoms with E-state index in [9.17, 15) is 10.5 Å². The quantitative estimate of drug-likeness (QED) is 0.378. The van der Waals surface area contributed by atoms with Crippen molar-refractivity contribution in [2.75, 3.05) is 6.61 Å². The highest BCUT2D eigenvalue weighted by Gasteiger charge is 2.46. The fraction of sp³-hybridized carbons (Fsp3) is 0.462. The third kappa shape index (κ3) is 4.26. The molecule has 0 N–H and O–H groups in total. The minimum atomic E-state index is -0.448. The Labute approximate surface area is 213 Å². The van der Waals surface area contributed by atoms with Crippen LogP contribution < -0.4 is 0 Å². The van der Waals surface area contributed by atoms with E-state index < -0.39 is 5.54 Å². The van der Waals surface area contributed by atoms with Crippen molar-refractivity contribution in [1.82, 2.24) is 34.2 Å². The lowest BCUT2D eigenvalue weighted by molar-refractivity contribution is -0.169. The predicted molar refractivity (Wildman–Crippen MR) is 131 cm³/mol. The first-order chi connectivity index (χ1) is 18.1. The van der Waals surface area contributed by atoms with Crippen LogP contribution in [0.25, 0.3) is 28.0 Å². The Morgan fingerprint density at radius 3 is 2.86 bits per heavy atom. The van der Waals surface area contributed by atoms with Crippen molar-refractivity contribution in [3.05, 3.63) is 42.7 Å². The molecule has 1 saturated heterocycles. The van der Waals surface area contributed by atoms with Crippen LogP contribution in [-0.4, -0.2) is 47.1 Å². The van der Waals surface area contributed by atoms with E-state index >= 15 is 0 Å². The Morgan fingerprint density at radius 2 is 2.08 bits per heavy atom. The number of aromatic nitrogens is 7. The molecule has 1 atom stereocenters. The zero-order chi connectivity index (χ0) is 25.4. The van der Waals surface area contributed by atoms with Crippen molar-refractivity contribution in [2.45, 2.75) is 57.0 Å². The molecule has 1 aliphatic carbocycles. The number of hydrogen-bond donors (Lipinski definition) is 0. The monoisotopic (exact) mass is 497 g/mol. The normalized spacial score (nSPS) is 23.4. The van der Waals surface area contributed by atoms with E-state index in [-0.39, 0.29) is 12.2 Å². The Bertz CT molecular complexity index is 1510. The van der Waals surface area contributed by atoms with Gasteiger partial charge in [-0.15, -0.1) is 0 Å². The van der Waals surface area contributed by atoms with Gasteiger partial charge in [0.15, 0.2) is 6.29 Å². The van der Waals surface area contributed by atoms with Crippen molar-refractivity contribution in [2.24, 2.45) is 13.0 Å². The predicted octanol–water partition coefficient (Wildman–Crippen LogP) is 3.58. The van der Waals surface area contributed by atoms with Crippen LogP contribution in [0.15, 0.2) is 37.1 Å². The number of ether oxygens (including phenoxy) is 2. The van der Waals surface area contributed by atoms with Crippen LogP contribution >= 0.6 is 0 Å². The molecule has 4 aromatic heterocycles. The second kappa shape index (κ2) is 9.43. The third-order valence-corrected chi connectivity index (χ3v) is 7.30. The Hall–Kier alpha value is -4.06. The molecule has 6 rings (SSSR count). The van der Waals surface area contributed by atoms with Gasteiger partial charge in [-0.3, -0.25) is 9.36 Å². The number of nitrogens with zero attached hydrogens (tertiary/aromatic N) is 9. The van der Waals surface area contributed by atoms with E-state index in [0.29, 0.717) is 25.9 Å². The summed E-state index contributed by atoms with van der Waals surface area (Å²) in [5.74, 6) is -0.0470. The van der Waals surface area contributed by atoms with Gasteiger partial charge in [-0.2, -0.15) is 25.8 Å². The van der Waals surface area contributed by atoms with Crippen LogP contribution in [0.3, 0.4) is 0 Å². The second-order valence-electron chi connectivity index (χ2n) is 9.87. The van der Waals surface area contributed by atoms with Gasteiger partial charge >= 0.3 is 0 Å². The summed E-state index contributed by atoms with van der Waals surface area (Å²) in [4.78, 5) is 5.03. The number of fused-ring (bicyclic) bond motifs is 1. The molecule has 1 saturated carbocycles. The van der Waals surface area contributed by atoms with Gasteiger partial charge in [0, 0.05) is 37.2 Å². The lowest BCUT2D eigenvalue weighted by Gasteiger charge is -2.43. The molecule has 2 aliphatic rings. The summed E-state index contributed by atoms with van der Waals surface area (Å²) in [6.45, 7) is 1.05.